The zero-order valence-electron chi connectivity index (χ0n) is 10.6. The summed E-state index contributed by atoms with van der Waals surface area (Å²) in [6.07, 6.45) is 2.11. The maximum atomic E-state index is 3.38. The van der Waals surface area contributed by atoms with E-state index in [4.69, 9.17) is 0 Å². The number of piperazine rings is 1. The van der Waals surface area contributed by atoms with Crippen LogP contribution in [0, 0.1) is 0 Å². The van der Waals surface area contributed by atoms with E-state index in [-0.39, 0.29) is 0 Å². The van der Waals surface area contributed by atoms with E-state index in [1.54, 1.807) is 11.8 Å². The Labute approximate surface area is 108 Å². The van der Waals surface area contributed by atoms with Gasteiger partial charge in [-0.2, -0.15) is 0 Å². The van der Waals surface area contributed by atoms with Crippen LogP contribution in [0.2, 0.25) is 0 Å². The van der Waals surface area contributed by atoms with Gasteiger partial charge in [0.2, 0.25) is 0 Å². The van der Waals surface area contributed by atoms with E-state index in [0.29, 0.717) is 0 Å². The fourth-order valence-electron chi connectivity index (χ4n) is 2.07. The van der Waals surface area contributed by atoms with Crippen LogP contribution in [-0.2, 0) is 0 Å². The standard InChI is InChI=1S/C13H21N3S/c1-15(11-16-9-7-14-8-10-16)12-3-5-13(17-2)6-4-12/h3-6,14H,7-11H2,1-2H3. The van der Waals surface area contributed by atoms with Gasteiger partial charge < -0.3 is 10.2 Å². The smallest absolute Gasteiger partial charge is 0.0704 e. The molecule has 1 N–H and O–H groups in total. The van der Waals surface area contributed by atoms with Crippen LogP contribution in [0.25, 0.3) is 0 Å². The summed E-state index contributed by atoms with van der Waals surface area (Å²) in [5.74, 6) is 0. The van der Waals surface area contributed by atoms with Crippen LogP contribution in [0.15, 0.2) is 29.2 Å². The van der Waals surface area contributed by atoms with Gasteiger partial charge in [0.1, 0.15) is 0 Å². The molecule has 1 aliphatic heterocycles. The van der Waals surface area contributed by atoms with E-state index in [9.17, 15) is 0 Å². The van der Waals surface area contributed by atoms with Crippen molar-refractivity contribution in [2.24, 2.45) is 0 Å². The van der Waals surface area contributed by atoms with E-state index in [2.05, 4.69) is 52.7 Å². The van der Waals surface area contributed by atoms with Crippen LogP contribution < -0.4 is 10.2 Å². The third-order valence-corrected chi connectivity index (χ3v) is 3.88. The normalized spacial score (nSPS) is 17.1. The number of hydrogen-bond acceptors (Lipinski definition) is 4. The highest BCUT2D eigenvalue weighted by molar-refractivity contribution is 7.98. The Hall–Kier alpha value is -0.710. The van der Waals surface area contributed by atoms with E-state index in [1.807, 2.05) is 0 Å². The van der Waals surface area contributed by atoms with Crippen molar-refractivity contribution >= 4 is 17.4 Å². The Kier molecular flexibility index (Phi) is 4.71. The van der Waals surface area contributed by atoms with Crippen LogP contribution in [0.5, 0.6) is 0 Å². The molecule has 3 nitrogen and oxygen atoms in total. The van der Waals surface area contributed by atoms with Crippen LogP contribution in [-0.4, -0.2) is 51.1 Å². The summed E-state index contributed by atoms with van der Waals surface area (Å²) < 4.78 is 0. The molecule has 0 radical (unpaired) electrons. The molecule has 94 valence electrons. The van der Waals surface area contributed by atoms with Crippen LogP contribution in [0.1, 0.15) is 0 Å². The molecule has 0 aromatic heterocycles. The molecule has 17 heavy (non-hydrogen) atoms. The molecule has 0 spiro atoms. The minimum Gasteiger partial charge on any atom is -0.362 e. The average molecular weight is 251 g/mol. The predicted molar refractivity (Wildman–Crippen MR) is 75.9 cm³/mol. The number of nitrogens with zero attached hydrogens (tertiary/aromatic N) is 2. The van der Waals surface area contributed by atoms with Crippen LogP contribution in [0.3, 0.4) is 0 Å². The first-order chi connectivity index (χ1) is 8.29. The summed E-state index contributed by atoms with van der Waals surface area (Å²) in [4.78, 5) is 6.12. The third-order valence-electron chi connectivity index (χ3n) is 3.13. The van der Waals surface area contributed by atoms with E-state index >= 15 is 0 Å². The number of hydrogen-bond donors (Lipinski definition) is 1. The fourth-order valence-corrected chi connectivity index (χ4v) is 2.48. The Morgan fingerprint density at radius 2 is 1.88 bits per heavy atom. The maximum Gasteiger partial charge on any atom is 0.0704 e. The lowest BCUT2D eigenvalue weighted by Crippen LogP contribution is -2.47. The van der Waals surface area contributed by atoms with Gasteiger partial charge in [0.15, 0.2) is 0 Å². The highest BCUT2D eigenvalue weighted by atomic mass is 32.2. The molecule has 0 unspecified atom stereocenters. The summed E-state index contributed by atoms with van der Waals surface area (Å²) in [6, 6.07) is 8.78. The minimum atomic E-state index is 1.01. The van der Waals surface area contributed by atoms with Gasteiger partial charge in [0.25, 0.3) is 0 Å². The zero-order chi connectivity index (χ0) is 12.1. The van der Waals surface area contributed by atoms with Crippen molar-refractivity contribution in [3.63, 3.8) is 0 Å². The van der Waals surface area contributed by atoms with Crippen molar-refractivity contribution in [1.29, 1.82) is 0 Å². The van der Waals surface area contributed by atoms with E-state index in [1.165, 1.54) is 10.6 Å². The van der Waals surface area contributed by atoms with E-state index < -0.39 is 0 Å². The molecule has 1 heterocycles. The van der Waals surface area contributed by atoms with Crippen molar-refractivity contribution in [2.45, 2.75) is 4.90 Å². The van der Waals surface area contributed by atoms with Gasteiger partial charge in [-0.3, -0.25) is 4.90 Å². The van der Waals surface area contributed by atoms with Gasteiger partial charge in [-0.25, -0.2) is 0 Å². The lowest BCUT2D eigenvalue weighted by atomic mass is 10.3. The molecular weight excluding hydrogens is 230 g/mol. The second kappa shape index (κ2) is 6.28. The van der Waals surface area contributed by atoms with Crippen molar-refractivity contribution < 1.29 is 0 Å². The number of benzene rings is 1. The lowest BCUT2D eigenvalue weighted by Gasteiger charge is -2.32. The monoisotopic (exact) mass is 251 g/mol. The van der Waals surface area contributed by atoms with Gasteiger partial charge in [0, 0.05) is 43.8 Å². The number of rotatable bonds is 4. The molecule has 1 aliphatic rings. The molecule has 0 atom stereocenters. The summed E-state index contributed by atoms with van der Waals surface area (Å²) in [5, 5.41) is 3.38. The number of thioether (sulfide) groups is 1. The molecule has 0 aliphatic carbocycles. The van der Waals surface area contributed by atoms with Crippen LogP contribution >= 0.6 is 11.8 Å². The van der Waals surface area contributed by atoms with Gasteiger partial charge in [-0.15, -0.1) is 11.8 Å². The van der Waals surface area contributed by atoms with Crippen LogP contribution in [0.4, 0.5) is 5.69 Å². The molecule has 2 rings (SSSR count). The molecule has 0 saturated carbocycles. The minimum absolute atomic E-state index is 1.01. The molecular formula is C13H21N3S. The molecule has 1 saturated heterocycles. The van der Waals surface area contributed by atoms with Crippen molar-refractivity contribution in [3.05, 3.63) is 24.3 Å². The molecule has 4 heteroatoms. The molecule has 0 amide bonds. The first-order valence-corrected chi connectivity index (χ1v) is 7.30. The second-order valence-corrected chi connectivity index (χ2v) is 5.29. The Bertz CT molecular complexity index is 333. The highest BCUT2D eigenvalue weighted by Gasteiger charge is 2.11. The van der Waals surface area contributed by atoms with Crippen molar-refractivity contribution in [1.82, 2.24) is 10.2 Å². The fraction of sp³-hybridized carbons (Fsp3) is 0.538. The summed E-state index contributed by atoms with van der Waals surface area (Å²) in [6.45, 7) is 5.53. The lowest BCUT2D eigenvalue weighted by molar-refractivity contribution is 0.243. The maximum absolute atomic E-state index is 3.38. The summed E-state index contributed by atoms with van der Waals surface area (Å²) in [5.41, 5.74) is 1.29. The highest BCUT2D eigenvalue weighted by Crippen LogP contribution is 2.19. The van der Waals surface area contributed by atoms with E-state index in [0.717, 1.165) is 32.8 Å². The third kappa shape index (κ3) is 3.63. The zero-order valence-corrected chi connectivity index (χ0v) is 11.5. The number of anilines is 1. The summed E-state index contributed by atoms with van der Waals surface area (Å²) >= 11 is 1.79. The topological polar surface area (TPSA) is 18.5 Å². The number of nitrogens with one attached hydrogen (secondary N) is 1. The predicted octanol–water partition coefficient (Wildman–Crippen LogP) is 1.71. The molecule has 1 fully saturated rings. The molecule has 1 aromatic carbocycles. The van der Waals surface area contributed by atoms with Gasteiger partial charge >= 0.3 is 0 Å². The SMILES string of the molecule is CSc1ccc(N(C)CN2CCNCC2)cc1. The average Bonchev–Trinajstić information content (AvgIpc) is 2.40. The first kappa shape index (κ1) is 12.7. The molecule has 0 bridgehead atoms. The van der Waals surface area contributed by atoms with Crippen molar-refractivity contribution in [2.75, 3.05) is 51.1 Å². The quantitative estimate of drug-likeness (QED) is 0.821. The Morgan fingerprint density at radius 3 is 2.47 bits per heavy atom. The molecule has 1 aromatic rings. The van der Waals surface area contributed by atoms with Gasteiger partial charge in [-0.05, 0) is 30.5 Å². The first-order valence-electron chi connectivity index (χ1n) is 6.08. The Balaban J connectivity index is 1.91. The Morgan fingerprint density at radius 1 is 1.24 bits per heavy atom. The largest absolute Gasteiger partial charge is 0.362 e. The summed E-state index contributed by atoms with van der Waals surface area (Å²) in [7, 11) is 2.16. The van der Waals surface area contributed by atoms with Gasteiger partial charge in [-0.1, -0.05) is 0 Å². The van der Waals surface area contributed by atoms with Gasteiger partial charge in [0.05, 0.1) is 6.67 Å². The second-order valence-electron chi connectivity index (χ2n) is 4.41. The van der Waals surface area contributed by atoms with Crippen molar-refractivity contribution in [3.8, 4) is 0 Å².